The maximum atomic E-state index is 12.7. The molecule has 3 fully saturated rings. The van der Waals surface area contributed by atoms with Gasteiger partial charge in [-0.25, -0.2) is 0 Å². The zero-order valence-electron chi connectivity index (χ0n) is 14.9. The van der Waals surface area contributed by atoms with E-state index in [0.717, 1.165) is 25.7 Å². The van der Waals surface area contributed by atoms with Crippen molar-refractivity contribution in [3.05, 3.63) is 35.9 Å². The zero-order chi connectivity index (χ0) is 17.3. The number of likely N-dealkylation sites (tertiary alicyclic amines) is 1. The van der Waals surface area contributed by atoms with Crippen LogP contribution in [0, 0.1) is 5.92 Å². The van der Waals surface area contributed by atoms with Crippen LogP contribution < -0.4 is 5.32 Å². The summed E-state index contributed by atoms with van der Waals surface area (Å²) in [4.78, 5) is 26.7. The number of rotatable bonds is 5. The molecule has 1 aromatic rings. The van der Waals surface area contributed by atoms with Crippen molar-refractivity contribution in [2.45, 2.75) is 62.8 Å². The van der Waals surface area contributed by atoms with Gasteiger partial charge < -0.3 is 10.2 Å². The van der Waals surface area contributed by atoms with Gasteiger partial charge in [-0.15, -0.1) is 0 Å². The monoisotopic (exact) mass is 340 g/mol. The molecule has 2 saturated carbocycles. The SMILES string of the molecule is O=C(NCC1(c2ccccc2)CCCCC1)C1CC(=O)N(C2CC2)C1. The molecule has 1 N–H and O–H groups in total. The molecule has 2 aliphatic carbocycles. The number of carbonyl (C=O) groups excluding carboxylic acids is 2. The van der Waals surface area contributed by atoms with Gasteiger partial charge in [-0.1, -0.05) is 49.6 Å². The van der Waals surface area contributed by atoms with Crippen LogP contribution in [-0.4, -0.2) is 35.8 Å². The maximum Gasteiger partial charge on any atom is 0.225 e. The molecule has 1 heterocycles. The fourth-order valence-corrected chi connectivity index (χ4v) is 4.63. The number of hydrogen-bond donors (Lipinski definition) is 1. The zero-order valence-corrected chi connectivity index (χ0v) is 14.9. The fourth-order valence-electron chi connectivity index (χ4n) is 4.63. The second kappa shape index (κ2) is 6.81. The first-order chi connectivity index (χ1) is 12.2. The summed E-state index contributed by atoms with van der Waals surface area (Å²) in [6.45, 7) is 1.32. The van der Waals surface area contributed by atoms with Crippen molar-refractivity contribution in [3.8, 4) is 0 Å². The van der Waals surface area contributed by atoms with Gasteiger partial charge in [0.1, 0.15) is 0 Å². The summed E-state index contributed by atoms with van der Waals surface area (Å²) in [6, 6.07) is 11.1. The minimum atomic E-state index is -0.162. The molecule has 1 atom stereocenters. The van der Waals surface area contributed by atoms with Crippen LogP contribution in [-0.2, 0) is 15.0 Å². The normalized spacial score (nSPS) is 25.8. The predicted molar refractivity (Wildman–Crippen MR) is 97.1 cm³/mol. The molecule has 4 rings (SSSR count). The van der Waals surface area contributed by atoms with Crippen LogP contribution in [0.2, 0.25) is 0 Å². The van der Waals surface area contributed by atoms with E-state index >= 15 is 0 Å². The molecule has 0 radical (unpaired) electrons. The number of benzene rings is 1. The molecule has 4 nitrogen and oxygen atoms in total. The van der Waals surface area contributed by atoms with Gasteiger partial charge in [-0.3, -0.25) is 9.59 Å². The van der Waals surface area contributed by atoms with Gasteiger partial charge in [0.2, 0.25) is 11.8 Å². The predicted octanol–water partition coefficient (Wildman–Crippen LogP) is 3.02. The van der Waals surface area contributed by atoms with Crippen molar-refractivity contribution < 1.29 is 9.59 Å². The highest BCUT2D eigenvalue weighted by Gasteiger charge is 2.42. The van der Waals surface area contributed by atoms with Gasteiger partial charge >= 0.3 is 0 Å². The Morgan fingerprint density at radius 2 is 1.84 bits per heavy atom. The van der Waals surface area contributed by atoms with Crippen LogP contribution in [0.15, 0.2) is 30.3 Å². The van der Waals surface area contributed by atoms with Gasteiger partial charge in [-0.2, -0.15) is 0 Å². The van der Waals surface area contributed by atoms with E-state index in [1.165, 1.54) is 24.8 Å². The van der Waals surface area contributed by atoms with E-state index < -0.39 is 0 Å². The van der Waals surface area contributed by atoms with E-state index in [1.54, 1.807) is 0 Å². The van der Waals surface area contributed by atoms with E-state index in [-0.39, 0.29) is 23.1 Å². The van der Waals surface area contributed by atoms with Crippen molar-refractivity contribution in [1.29, 1.82) is 0 Å². The standard InChI is InChI=1S/C21H28N2O2/c24-19-13-16(14-23(19)18-9-10-18)20(25)22-15-21(11-5-2-6-12-21)17-7-3-1-4-8-17/h1,3-4,7-8,16,18H,2,5-6,9-15H2,(H,22,25). The molecule has 4 heteroatoms. The summed E-state index contributed by atoms with van der Waals surface area (Å²) in [5, 5.41) is 3.22. The Hall–Kier alpha value is -1.84. The van der Waals surface area contributed by atoms with Crippen molar-refractivity contribution in [1.82, 2.24) is 10.2 Å². The third-order valence-electron chi connectivity index (χ3n) is 6.31. The van der Waals surface area contributed by atoms with Crippen LogP contribution in [0.5, 0.6) is 0 Å². The molecule has 0 bridgehead atoms. The molecule has 0 aromatic heterocycles. The van der Waals surface area contributed by atoms with Gasteiger partial charge in [0.25, 0.3) is 0 Å². The highest BCUT2D eigenvalue weighted by molar-refractivity contribution is 5.89. The molecular formula is C21H28N2O2. The molecular weight excluding hydrogens is 312 g/mol. The lowest BCUT2D eigenvalue weighted by atomic mass is 9.69. The lowest BCUT2D eigenvalue weighted by Crippen LogP contribution is -2.44. The lowest BCUT2D eigenvalue weighted by Gasteiger charge is -2.38. The van der Waals surface area contributed by atoms with E-state index in [1.807, 2.05) is 4.90 Å². The Bertz CT molecular complexity index is 633. The van der Waals surface area contributed by atoms with Gasteiger partial charge in [0.05, 0.1) is 5.92 Å². The van der Waals surface area contributed by atoms with Crippen LogP contribution in [0.1, 0.15) is 56.9 Å². The first-order valence-corrected chi connectivity index (χ1v) is 9.81. The molecule has 2 amide bonds. The average molecular weight is 340 g/mol. The largest absolute Gasteiger partial charge is 0.355 e. The Kier molecular flexibility index (Phi) is 4.53. The molecule has 25 heavy (non-hydrogen) atoms. The minimum Gasteiger partial charge on any atom is -0.355 e. The Balaban J connectivity index is 1.41. The number of hydrogen-bond acceptors (Lipinski definition) is 2. The van der Waals surface area contributed by atoms with Crippen LogP contribution in [0.4, 0.5) is 0 Å². The van der Waals surface area contributed by atoms with Gasteiger partial charge in [0, 0.05) is 31.0 Å². The maximum absolute atomic E-state index is 12.7. The first-order valence-electron chi connectivity index (χ1n) is 9.81. The molecule has 1 aliphatic heterocycles. The second-order valence-electron chi connectivity index (χ2n) is 8.10. The Morgan fingerprint density at radius 3 is 2.52 bits per heavy atom. The smallest absolute Gasteiger partial charge is 0.225 e. The highest BCUT2D eigenvalue weighted by Crippen LogP contribution is 2.39. The van der Waals surface area contributed by atoms with Crippen molar-refractivity contribution in [2.24, 2.45) is 5.92 Å². The van der Waals surface area contributed by atoms with Crippen molar-refractivity contribution >= 4 is 11.8 Å². The van der Waals surface area contributed by atoms with E-state index in [4.69, 9.17) is 0 Å². The van der Waals surface area contributed by atoms with Gasteiger partial charge in [0.15, 0.2) is 0 Å². The molecule has 1 aromatic carbocycles. The molecule has 3 aliphatic rings. The molecule has 1 unspecified atom stereocenters. The van der Waals surface area contributed by atoms with E-state index in [0.29, 0.717) is 25.6 Å². The summed E-state index contributed by atoms with van der Waals surface area (Å²) >= 11 is 0. The first kappa shape index (κ1) is 16.6. The van der Waals surface area contributed by atoms with Crippen molar-refractivity contribution in [2.75, 3.05) is 13.1 Å². The Morgan fingerprint density at radius 1 is 1.12 bits per heavy atom. The Labute approximate surface area is 150 Å². The topological polar surface area (TPSA) is 49.4 Å². The number of amides is 2. The van der Waals surface area contributed by atoms with E-state index in [9.17, 15) is 9.59 Å². The third-order valence-corrected chi connectivity index (χ3v) is 6.31. The van der Waals surface area contributed by atoms with Crippen LogP contribution in [0.25, 0.3) is 0 Å². The van der Waals surface area contributed by atoms with Gasteiger partial charge in [-0.05, 0) is 31.2 Å². The quantitative estimate of drug-likeness (QED) is 0.896. The minimum absolute atomic E-state index is 0.0635. The fraction of sp³-hybridized carbons (Fsp3) is 0.619. The third kappa shape index (κ3) is 3.44. The summed E-state index contributed by atoms with van der Waals surface area (Å²) in [6.07, 6.45) is 8.61. The molecule has 134 valence electrons. The number of carbonyl (C=O) groups is 2. The summed E-state index contributed by atoms with van der Waals surface area (Å²) in [7, 11) is 0. The van der Waals surface area contributed by atoms with Crippen LogP contribution in [0.3, 0.4) is 0 Å². The summed E-state index contributed by atoms with van der Waals surface area (Å²) in [5.74, 6) is 0.0694. The van der Waals surface area contributed by atoms with Crippen molar-refractivity contribution in [3.63, 3.8) is 0 Å². The number of nitrogens with zero attached hydrogens (tertiary/aromatic N) is 1. The average Bonchev–Trinajstić information content (AvgIpc) is 3.43. The molecule has 0 spiro atoms. The lowest BCUT2D eigenvalue weighted by molar-refractivity contribution is -0.129. The van der Waals surface area contributed by atoms with E-state index in [2.05, 4.69) is 35.6 Å². The highest BCUT2D eigenvalue weighted by atomic mass is 16.2. The molecule has 1 saturated heterocycles. The number of nitrogens with one attached hydrogen (secondary N) is 1. The summed E-state index contributed by atoms with van der Waals surface area (Å²) < 4.78 is 0. The second-order valence-corrected chi connectivity index (χ2v) is 8.10. The summed E-state index contributed by atoms with van der Waals surface area (Å²) in [5.41, 5.74) is 1.41. The van der Waals surface area contributed by atoms with Crippen LogP contribution >= 0.6 is 0 Å².